The van der Waals surface area contributed by atoms with E-state index in [1.165, 1.54) is 7.11 Å². The minimum Gasteiger partial charge on any atom is -0.497 e. The molecule has 1 N–H and O–H groups in total. The second-order valence-electron chi connectivity index (χ2n) is 5.66. The predicted octanol–water partition coefficient (Wildman–Crippen LogP) is 2.09. The van der Waals surface area contributed by atoms with Gasteiger partial charge in [-0.1, -0.05) is 6.07 Å². The Balaban J connectivity index is 1.72. The van der Waals surface area contributed by atoms with Crippen molar-refractivity contribution in [2.24, 2.45) is 5.92 Å². The van der Waals surface area contributed by atoms with E-state index in [2.05, 4.69) is 10.3 Å². The van der Waals surface area contributed by atoms with Gasteiger partial charge in [-0.15, -0.1) is 0 Å². The molecular weight excluding hydrogens is 322 g/mol. The smallest absolute Gasteiger partial charge is 0.237 e. The van der Waals surface area contributed by atoms with Crippen LogP contribution in [0.4, 0.5) is 11.4 Å². The maximum atomic E-state index is 12.5. The van der Waals surface area contributed by atoms with Crippen LogP contribution in [-0.4, -0.2) is 37.6 Å². The molecule has 1 aliphatic rings. The summed E-state index contributed by atoms with van der Waals surface area (Å²) in [5, 5.41) is 2.79. The predicted molar refractivity (Wildman–Crippen MR) is 92.9 cm³/mol. The molecule has 1 atom stereocenters. The van der Waals surface area contributed by atoms with E-state index in [4.69, 9.17) is 9.47 Å². The van der Waals surface area contributed by atoms with Crippen LogP contribution in [0.3, 0.4) is 0 Å². The summed E-state index contributed by atoms with van der Waals surface area (Å²) < 4.78 is 10.3. The van der Waals surface area contributed by atoms with Crippen LogP contribution in [0.15, 0.2) is 42.6 Å². The van der Waals surface area contributed by atoms with E-state index >= 15 is 0 Å². The molecule has 25 heavy (non-hydrogen) atoms. The van der Waals surface area contributed by atoms with Gasteiger partial charge in [0.05, 0.1) is 20.1 Å². The summed E-state index contributed by atoms with van der Waals surface area (Å²) in [5.41, 5.74) is 1.21. The number of anilines is 2. The fourth-order valence-electron chi connectivity index (χ4n) is 2.79. The van der Waals surface area contributed by atoms with Crippen molar-refractivity contribution in [2.75, 3.05) is 31.0 Å². The van der Waals surface area contributed by atoms with Gasteiger partial charge in [0.15, 0.2) is 0 Å². The van der Waals surface area contributed by atoms with Gasteiger partial charge in [-0.05, 0) is 24.3 Å². The third kappa shape index (κ3) is 3.55. The molecular formula is C18H19N3O4. The lowest BCUT2D eigenvalue weighted by Gasteiger charge is -2.17. The zero-order valence-corrected chi connectivity index (χ0v) is 14.1. The summed E-state index contributed by atoms with van der Waals surface area (Å²) in [6, 6.07) is 10.6. The summed E-state index contributed by atoms with van der Waals surface area (Å²) in [6.45, 7) is 0.320. The van der Waals surface area contributed by atoms with Gasteiger partial charge < -0.3 is 19.7 Å². The molecule has 0 unspecified atom stereocenters. The van der Waals surface area contributed by atoms with Gasteiger partial charge in [-0.25, -0.2) is 4.98 Å². The lowest BCUT2D eigenvalue weighted by atomic mass is 10.1. The van der Waals surface area contributed by atoms with Crippen LogP contribution in [0.1, 0.15) is 6.42 Å². The average Bonchev–Trinajstić information content (AvgIpc) is 3.04. The van der Waals surface area contributed by atoms with Gasteiger partial charge in [0.25, 0.3) is 0 Å². The summed E-state index contributed by atoms with van der Waals surface area (Å²) in [5.74, 6) is 0.239. The largest absolute Gasteiger partial charge is 0.497 e. The van der Waals surface area contributed by atoms with Crippen molar-refractivity contribution in [1.82, 2.24) is 4.98 Å². The van der Waals surface area contributed by atoms with Gasteiger partial charge in [0, 0.05) is 30.9 Å². The number of hydrogen-bond acceptors (Lipinski definition) is 5. The summed E-state index contributed by atoms with van der Waals surface area (Å²) in [6.07, 6.45) is 1.74. The first-order valence-electron chi connectivity index (χ1n) is 7.86. The number of nitrogens with zero attached hydrogens (tertiary/aromatic N) is 2. The first-order chi connectivity index (χ1) is 12.1. The molecule has 1 saturated heterocycles. The number of benzene rings is 1. The number of carbonyl (C=O) groups is 2. The minimum atomic E-state index is -0.441. The van der Waals surface area contributed by atoms with Crippen LogP contribution < -0.4 is 19.7 Å². The minimum absolute atomic E-state index is 0.0912. The van der Waals surface area contributed by atoms with Crippen LogP contribution in [0, 0.1) is 5.92 Å². The van der Waals surface area contributed by atoms with E-state index < -0.39 is 5.92 Å². The Morgan fingerprint density at radius 1 is 1.24 bits per heavy atom. The zero-order valence-electron chi connectivity index (χ0n) is 14.1. The molecule has 0 bridgehead atoms. The second-order valence-corrected chi connectivity index (χ2v) is 5.66. The molecule has 0 saturated carbocycles. The van der Waals surface area contributed by atoms with E-state index in [1.54, 1.807) is 36.4 Å². The molecule has 2 aromatic rings. The molecule has 1 fully saturated rings. The van der Waals surface area contributed by atoms with Crippen LogP contribution in [0.25, 0.3) is 0 Å². The Morgan fingerprint density at radius 2 is 2.08 bits per heavy atom. The summed E-state index contributed by atoms with van der Waals surface area (Å²) >= 11 is 0. The second kappa shape index (κ2) is 7.21. The van der Waals surface area contributed by atoms with Crippen molar-refractivity contribution in [3.05, 3.63) is 42.6 Å². The third-order valence-electron chi connectivity index (χ3n) is 4.08. The third-order valence-corrected chi connectivity index (χ3v) is 4.08. The van der Waals surface area contributed by atoms with Crippen LogP contribution in [0.2, 0.25) is 0 Å². The van der Waals surface area contributed by atoms with E-state index in [9.17, 15) is 9.59 Å². The van der Waals surface area contributed by atoms with E-state index in [0.717, 1.165) is 5.69 Å². The van der Waals surface area contributed by atoms with Crippen molar-refractivity contribution in [3.8, 4) is 11.6 Å². The Hall–Kier alpha value is -3.09. The molecule has 130 valence electrons. The van der Waals surface area contributed by atoms with Crippen LogP contribution in [-0.2, 0) is 9.59 Å². The summed E-state index contributed by atoms with van der Waals surface area (Å²) in [7, 11) is 3.06. The highest BCUT2D eigenvalue weighted by atomic mass is 16.5. The Kier molecular flexibility index (Phi) is 4.83. The molecule has 1 aromatic carbocycles. The van der Waals surface area contributed by atoms with Crippen molar-refractivity contribution in [3.63, 3.8) is 0 Å². The van der Waals surface area contributed by atoms with Crippen LogP contribution >= 0.6 is 0 Å². The van der Waals surface area contributed by atoms with Gasteiger partial charge in [0.1, 0.15) is 11.4 Å². The quantitative estimate of drug-likeness (QED) is 0.901. The van der Waals surface area contributed by atoms with E-state index in [1.807, 2.05) is 18.2 Å². The molecule has 2 amide bonds. The number of ether oxygens (including phenoxy) is 2. The lowest BCUT2D eigenvalue weighted by Crippen LogP contribution is -2.28. The monoisotopic (exact) mass is 341 g/mol. The highest BCUT2D eigenvalue weighted by molar-refractivity contribution is 6.03. The highest BCUT2D eigenvalue weighted by Crippen LogP contribution is 2.29. The topological polar surface area (TPSA) is 80.8 Å². The number of nitrogens with one attached hydrogen (secondary N) is 1. The molecule has 1 aliphatic heterocycles. The standard InChI is InChI=1S/C18H19N3O4/c1-24-14-6-3-5-13(10-14)21-11-12(9-16(21)22)17(23)20-15-7-4-8-19-18(15)25-2/h3-8,10,12H,9,11H2,1-2H3,(H,20,23)/t12-/m0/s1. The maximum Gasteiger partial charge on any atom is 0.237 e. The van der Waals surface area contributed by atoms with Crippen molar-refractivity contribution in [2.45, 2.75) is 6.42 Å². The first-order valence-corrected chi connectivity index (χ1v) is 7.86. The van der Waals surface area contributed by atoms with Crippen LogP contribution in [0.5, 0.6) is 11.6 Å². The molecule has 2 heterocycles. The molecule has 1 aromatic heterocycles. The Bertz CT molecular complexity index is 793. The van der Waals surface area contributed by atoms with E-state index in [-0.39, 0.29) is 18.2 Å². The Labute approximate surface area is 145 Å². The Morgan fingerprint density at radius 3 is 2.84 bits per heavy atom. The lowest BCUT2D eigenvalue weighted by molar-refractivity contribution is -0.122. The normalized spacial score (nSPS) is 16.6. The number of methoxy groups -OCH3 is 2. The molecule has 7 nitrogen and oxygen atoms in total. The fourth-order valence-corrected chi connectivity index (χ4v) is 2.79. The van der Waals surface area contributed by atoms with Crippen molar-refractivity contribution in [1.29, 1.82) is 0 Å². The number of rotatable bonds is 5. The number of aromatic nitrogens is 1. The van der Waals surface area contributed by atoms with Gasteiger partial charge >= 0.3 is 0 Å². The molecule has 7 heteroatoms. The number of pyridine rings is 1. The van der Waals surface area contributed by atoms with Gasteiger partial charge in [-0.3, -0.25) is 9.59 Å². The maximum absolute atomic E-state index is 12.5. The van der Waals surface area contributed by atoms with Crippen molar-refractivity contribution >= 4 is 23.2 Å². The highest BCUT2D eigenvalue weighted by Gasteiger charge is 2.35. The summed E-state index contributed by atoms with van der Waals surface area (Å²) in [4.78, 5) is 30.5. The number of amides is 2. The molecule has 3 rings (SSSR count). The molecule has 0 radical (unpaired) electrons. The molecule has 0 aliphatic carbocycles. The fraction of sp³-hybridized carbons (Fsp3) is 0.278. The average molecular weight is 341 g/mol. The number of carbonyl (C=O) groups excluding carboxylic acids is 2. The van der Waals surface area contributed by atoms with E-state index in [0.29, 0.717) is 23.9 Å². The van der Waals surface area contributed by atoms with Gasteiger partial charge in [-0.2, -0.15) is 0 Å². The van der Waals surface area contributed by atoms with Gasteiger partial charge in [0.2, 0.25) is 17.7 Å². The first kappa shape index (κ1) is 16.8. The zero-order chi connectivity index (χ0) is 17.8. The SMILES string of the molecule is COc1cccc(N2C[C@@H](C(=O)Nc3cccnc3OC)CC2=O)c1. The van der Waals surface area contributed by atoms with Crippen molar-refractivity contribution < 1.29 is 19.1 Å². The number of hydrogen-bond donors (Lipinski definition) is 1. The molecule has 0 spiro atoms.